The summed E-state index contributed by atoms with van der Waals surface area (Å²) in [5, 5.41) is 6.88. The third-order valence-electron chi connectivity index (χ3n) is 4.81. The monoisotopic (exact) mass is 306 g/mol. The van der Waals surface area contributed by atoms with Gasteiger partial charge in [0.2, 0.25) is 0 Å². The Labute approximate surface area is 129 Å². The standard InChI is InChI=1S/C16H19ClN2O2/c17-10-3-1-2-9(6-10)12-8-13(12)18-16(20)19-14-7-11-4-5-15(14)21-11/h1-3,6,11-15H,4-5,7-8H2,(H2,18,19,20)/t11-,12+,13+,14-,15-/m1/s1. The highest BCUT2D eigenvalue weighted by Gasteiger charge is 2.43. The van der Waals surface area contributed by atoms with Crippen LogP contribution in [0, 0.1) is 0 Å². The zero-order valence-electron chi connectivity index (χ0n) is 11.7. The molecule has 3 fully saturated rings. The van der Waals surface area contributed by atoms with E-state index in [0.717, 1.165) is 30.7 Å². The van der Waals surface area contributed by atoms with Gasteiger partial charge in [0.1, 0.15) is 0 Å². The second-order valence-corrected chi connectivity index (χ2v) is 6.77. The van der Waals surface area contributed by atoms with E-state index in [4.69, 9.17) is 16.3 Å². The number of rotatable bonds is 3. The number of fused-ring (bicyclic) bond motifs is 2. The Kier molecular flexibility index (Phi) is 3.31. The topological polar surface area (TPSA) is 50.4 Å². The van der Waals surface area contributed by atoms with E-state index in [0.29, 0.717) is 12.0 Å². The number of benzene rings is 1. The molecule has 4 rings (SSSR count). The molecule has 1 aromatic rings. The van der Waals surface area contributed by atoms with Gasteiger partial charge in [0.15, 0.2) is 0 Å². The summed E-state index contributed by atoms with van der Waals surface area (Å²) in [6, 6.07) is 8.23. The first-order valence-corrected chi connectivity index (χ1v) is 8.05. The van der Waals surface area contributed by atoms with Gasteiger partial charge in [-0.2, -0.15) is 0 Å². The molecule has 2 saturated heterocycles. The number of halogens is 1. The van der Waals surface area contributed by atoms with Crippen molar-refractivity contribution in [2.45, 2.75) is 55.9 Å². The molecule has 3 aliphatic rings. The van der Waals surface area contributed by atoms with Crippen LogP contribution in [-0.4, -0.2) is 30.3 Å². The van der Waals surface area contributed by atoms with Crippen molar-refractivity contribution in [1.82, 2.24) is 10.6 Å². The molecule has 0 spiro atoms. The van der Waals surface area contributed by atoms with Crippen molar-refractivity contribution in [3.8, 4) is 0 Å². The van der Waals surface area contributed by atoms with E-state index in [-0.39, 0.29) is 24.2 Å². The van der Waals surface area contributed by atoms with Gasteiger partial charge in [-0.05, 0) is 43.4 Å². The van der Waals surface area contributed by atoms with Gasteiger partial charge in [-0.3, -0.25) is 0 Å². The fourth-order valence-corrected chi connectivity index (χ4v) is 3.83. The lowest BCUT2D eigenvalue weighted by molar-refractivity contribution is 0.0981. The van der Waals surface area contributed by atoms with E-state index < -0.39 is 0 Å². The number of carbonyl (C=O) groups excluding carboxylic acids is 1. The van der Waals surface area contributed by atoms with Gasteiger partial charge in [0, 0.05) is 17.0 Å². The molecule has 2 amide bonds. The zero-order valence-corrected chi connectivity index (χ0v) is 12.5. The number of hydrogen-bond acceptors (Lipinski definition) is 2. The molecule has 1 saturated carbocycles. The molecule has 1 aromatic carbocycles. The number of carbonyl (C=O) groups is 1. The van der Waals surface area contributed by atoms with Gasteiger partial charge in [-0.25, -0.2) is 4.79 Å². The van der Waals surface area contributed by atoms with Crippen LogP contribution in [0.15, 0.2) is 24.3 Å². The maximum absolute atomic E-state index is 12.1. The van der Waals surface area contributed by atoms with Gasteiger partial charge in [0.05, 0.1) is 18.2 Å². The summed E-state index contributed by atoms with van der Waals surface area (Å²) >= 11 is 6.01. The third-order valence-corrected chi connectivity index (χ3v) is 5.04. The van der Waals surface area contributed by atoms with Crippen molar-refractivity contribution >= 4 is 17.6 Å². The number of ether oxygens (including phenoxy) is 1. The summed E-state index contributed by atoms with van der Waals surface area (Å²) in [5.41, 5.74) is 1.20. The maximum atomic E-state index is 12.1. The van der Waals surface area contributed by atoms with Gasteiger partial charge in [-0.1, -0.05) is 23.7 Å². The molecule has 2 bridgehead atoms. The molecule has 2 N–H and O–H groups in total. The predicted molar refractivity (Wildman–Crippen MR) is 80.6 cm³/mol. The Hall–Kier alpha value is -1.26. The number of hydrogen-bond donors (Lipinski definition) is 2. The van der Waals surface area contributed by atoms with Crippen molar-refractivity contribution in [3.05, 3.63) is 34.9 Å². The van der Waals surface area contributed by atoms with Crippen LogP contribution in [0.2, 0.25) is 5.02 Å². The smallest absolute Gasteiger partial charge is 0.315 e. The van der Waals surface area contributed by atoms with Crippen LogP contribution in [-0.2, 0) is 4.74 Å². The molecule has 2 aliphatic heterocycles. The zero-order chi connectivity index (χ0) is 14.4. The Morgan fingerprint density at radius 3 is 2.76 bits per heavy atom. The van der Waals surface area contributed by atoms with Crippen LogP contribution in [0.25, 0.3) is 0 Å². The van der Waals surface area contributed by atoms with E-state index in [1.165, 1.54) is 5.56 Å². The van der Waals surface area contributed by atoms with Gasteiger partial charge in [0.25, 0.3) is 0 Å². The number of nitrogens with one attached hydrogen (secondary N) is 2. The first-order chi connectivity index (χ1) is 10.2. The average molecular weight is 307 g/mol. The van der Waals surface area contributed by atoms with Crippen molar-refractivity contribution in [2.24, 2.45) is 0 Å². The first-order valence-electron chi connectivity index (χ1n) is 7.67. The summed E-state index contributed by atoms with van der Waals surface area (Å²) in [7, 11) is 0. The first kappa shape index (κ1) is 13.4. The Balaban J connectivity index is 1.29. The van der Waals surface area contributed by atoms with E-state index >= 15 is 0 Å². The second kappa shape index (κ2) is 5.18. The molecule has 5 heteroatoms. The van der Waals surface area contributed by atoms with E-state index in [1.807, 2.05) is 18.2 Å². The third kappa shape index (κ3) is 2.74. The van der Waals surface area contributed by atoms with Crippen molar-refractivity contribution in [2.75, 3.05) is 0 Å². The van der Waals surface area contributed by atoms with E-state index in [9.17, 15) is 4.79 Å². The maximum Gasteiger partial charge on any atom is 0.315 e. The summed E-state index contributed by atoms with van der Waals surface area (Å²) < 4.78 is 5.75. The van der Waals surface area contributed by atoms with Crippen LogP contribution in [0.3, 0.4) is 0 Å². The number of urea groups is 1. The lowest BCUT2D eigenvalue weighted by Gasteiger charge is -2.20. The predicted octanol–water partition coefficient (Wildman–Crippen LogP) is 2.82. The Morgan fingerprint density at radius 1 is 1.19 bits per heavy atom. The fourth-order valence-electron chi connectivity index (χ4n) is 3.63. The van der Waals surface area contributed by atoms with Crippen LogP contribution < -0.4 is 10.6 Å². The highest BCUT2D eigenvalue weighted by atomic mass is 35.5. The molecular formula is C16H19ClN2O2. The summed E-state index contributed by atoms with van der Waals surface area (Å²) in [5.74, 6) is 0.394. The summed E-state index contributed by atoms with van der Waals surface area (Å²) in [6.07, 6.45) is 4.75. The Bertz CT molecular complexity index is 565. The van der Waals surface area contributed by atoms with E-state index in [2.05, 4.69) is 16.7 Å². The largest absolute Gasteiger partial charge is 0.373 e. The van der Waals surface area contributed by atoms with E-state index in [1.54, 1.807) is 0 Å². The van der Waals surface area contributed by atoms with Crippen LogP contribution >= 0.6 is 11.6 Å². The molecular weight excluding hydrogens is 288 g/mol. The highest BCUT2D eigenvalue weighted by molar-refractivity contribution is 6.30. The molecule has 2 heterocycles. The van der Waals surface area contributed by atoms with Crippen LogP contribution in [0.5, 0.6) is 0 Å². The Morgan fingerprint density at radius 2 is 2.05 bits per heavy atom. The minimum Gasteiger partial charge on any atom is -0.373 e. The lowest BCUT2D eigenvalue weighted by atomic mass is 9.96. The van der Waals surface area contributed by atoms with Gasteiger partial charge in [-0.15, -0.1) is 0 Å². The molecule has 0 radical (unpaired) electrons. The molecule has 21 heavy (non-hydrogen) atoms. The molecule has 112 valence electrons. The van der Waals surface area contributed by atoms with Crippen LogP contribution in [0.4, 0.5) is 4.79 Å². The molecule has 4 nitrogen and oxygen atoms in total. The lowest BCUT2D eigenvalue weighted by Crippen LogP contribution is -2.47. The molecule has 0 aromatic heterocycles. The minimum atomic E-state index is -0.0642. The SMILES string of the molecule is O=C(N[C@H]1C[C@H]1c1cccc(Cl)c1)N[C@@H]1C[C@H]2CC[C@H]1O2. The second-order valence-electron chi connectivity index (χ2n) is 6.34. The van der Waals surface area contributed by atoms with Crippen molar-refractivity contribution in [1.29, 1.82) is 0 Å². The van der Waals surface area contributed by atoms with Gasteiger partial charge >= 0.3 is 6.03 Å². The molecule has 5 atom stereocenters. The van der Waals surface area contributed by atoms with Gasteiger partial charge < -0.3 is 15.4 Å². The number of amides is 2. The van der Waals surface area contributed by atoms with Crippen molar-refractivity contribution in [3.63, 3.8) is 0 Å². The molecule has 0 unspecified atom stereocenters. The van der Waals surface area contributed by atoms with Crippen molar-refractivity contribution < 1.29 is 9.53 Å². The van der Waals surface area contributed by atoms with Crippen LogP contribution in [0.1, 0.15) is 37.2 Å². The summed E-state index contributed by atoms with van der Waals surface area (Å²) in [6.45, 7) is 0. The quantitative estimate of drug-likeness (QED) is 0.902. The molecule has 1 aliphatic carbocycles. The normalized spacial score (nSPS) is 36.5. The minimum absolute atomic E-state index is 0.0642. The fraction of sp³-hybridized carbons (Fsp3) is 0.562. The average Bonchev–Trinajstić information content (AvgIpc) is 2.90. The summed E-state index contributed by atoms with van der Waals surface area (Å²) in [4.78, 5) is 12.1. The highest BCUT2D eigenvalue weighted by Crippen LogP contribution is 2.41.